The van der Waals surface area contributed by atoms with Crippen LogP contribution in [0.25, 0.3) is 0 Å². The number of rotatable bonds is 8. The minimum absolute atomic E-state index is 0.0697. The molecule has 4 heterocycles. The van der Waals surface area contributed by atoms with Crippen molar-refractivity contribution in [2.45, 2.75) is 54.2 Å². The molecule has 2 N–H and O–H groups in total. The Labute approximate surface area is 214 Å². The van der Waals surface area contributed by atoms with Crippen LogP contribution in [-0.4, -0.2) is 70.7 Å². The van der Waals surface area contributed by atoms with Gasteiger partial charge in [-0.1, -0.05) is 23.1 Å². The van der Waals surface area contributed by atoms with Gasteiger partial charge in [-0.3, -0.25) is 19.2 Å². The first-order valence-corrected chi connectivity index (χ1v) is 13.6. The van der Waals surface area contributed by atoms with E-state index in [0.29, 0.717) is 27.1 Å². The van der Waals surface area contributed by atoms with Crippen molar-refractivity contribution < 1.29 is 32.7 Å². The Morgan fingerprint density at radius 3 is 2.67 bits per heavy atom. The van der Waals surface area contributed by atoms with Crippen LogP contribution >= 0.6 is 34.9 Å². The van der Waals surface area contributed by atoms with E-state index in [0.717, 1.165) is 33.5 Å². The first kappa shape index (κ1) is 25.1. The second-order valence-electron chi connectivity index (χ2n) is 8.47. The highest BCUT2D eigenvalue weighted by Gasteiger charge is 2.54. The minimum Gasteiger partial charge on any atom is -0.477 e. The van der Waals surface area contributed by atoms with E-state index in [2.05, 4.69) is 20.6 Å². The molecule has 16 heteroatoms. The summed E-state index contributed by atoms with van der Waals surface area (Å²) in [5, 5.41) is 24.0. The zero-order valence-electron chi connectivity index (χ0n) is 18.6. The predicted octanol–water partition coefficient (Wildman–Crippen LogP) is 2.47. The Morgan fingerprint density at radius 1 is 1.31 bits per heavy atom. The van der Waals surface area contributed by atoms with Gasteiger partial charge in [-0.05, 0) is 31.4 Å². The molecule has 0 bridgehead atoms. The number of carboxylic acid groups (broad SMARTS) is 1. The van der Waals surface area contributed by atoms with Crippen LogP contribution in [-0.2, 0) is 27.1 Å². The lowest BCUT2D eigenvalue weighted by Crippen LogP contribution is -2.70. The molecule has 0 spiro atoms. The van der Waals surface area contributed by atoms with Crippen LogP contribution in [0.5, 0.6) is 0 Å². The van der Waals surface area contributed by atoms with Gasteiger partial charge in [0.15, 0.2) is 10.0 Å². The first-order chi connectivity index (χ1) is 17.0. The summed E-state index contributed by atoms with van der Waals surface area (Å²) in [5.74, 6) is -1.89. The lowest BCUT2D eigenvalue weighted by atomic mass is 10.0. The second kappa shape index (κ2) is 9.37. The number of carbonyl (C=O) groups excluding carboxylic acids is 2. The van der Waals surface area contributed by atoms with Gasteiger partial charge in [0.2, 0.25) is 5.91 Å². The summed E-state index contributed by atoms with van der Waals surface area (Å²) < 4.78 is 41.1. The predicted molar refractivity (Wildman–Crippen MR) is 124 cm³/mol. The molecule has 36 heavy (non-hydrogen) atoms. The summed E-state index contributed by atoms with van der Waals surface area (Å²) in [4.78, 5) is 38.6. The fourth-order valence-corrected chi connectivity index (χ4v) is 7.34. The first-order valence-electron chi connectivity index (χ1n) is 10.8. The van der Waals surface area contributed by atoms with Crippen molar-refractivity contribution in [3.8, 4) is 0 Å². The van der Waals surface area contributed by atoms with Crippen LogP contribution in [0, 0.1) is 6.92 Å². The third-order valence-corrected chi connectivity index (χ3v) is 9.23. The number of halogens is 3. The Balaban J connectivity index is 1.26. The molecule has 2 aromatic rings. The molecule has 3 aliphatic rings. The third kappa shape index (κ3) is 4.85. The summed E-state index contributed by atoms with van der Waals surface area (Å²) in [7, 11) is 0. The van der Waals surface area contributed by atoms with Gasteiger partial charge in [0.05, 0.1) is 0 Å². The van der Waals surface area contributed by atoms with Crippen molar-refractivity contribution in [1.29, 1.82) is 0 Å². The number of carbonyl (C=O) groups is 3. The van der Waals surface area contributed by atoms with Crippen molar-refractivity contribution >= 4 is 52.6 Å². The Kier molecular flexibility index (Phi) is 6.53. The molecule has 2 atom stereocenters. The lowest BCUT2D eigenvalue weighted by molar-refractivity contribution is -0.150. The fourth-order valence-electron chi connectivity index (χ4n) is 4.04. The van der Waals surface area contributed by atoms with E-state index in [1.807, 2.05) is 6.92 Å². The molecule has 2 fully saturated rings. The van der Waals surface area contributed by atoms with Gasteiger partial charge in [-0.25, -0.2) is 4.79 Å². The van der Waals surface area contributed by atoms with Crippen LogP contribution in [0.2, 0.25) is 0 Å². The average Bonchev–Trinajstić information content (AvgIpc) is 3.43. The monoisotopic (exact) mass is 560 g/mol. The van der Waals surface area contributed by atoms with Crippen LogP contribution in [0.15, 0.2) is 21.7 Å². The summed E-state index contributed by atoms with van der Waals surface area (Å²) in [6.07, 6.45) is -3.18. The maximum atomic E-state index is 13.1. The van der Waals surface area contributed by atoms with Gasteiger partial charge in [0.25, 0.3) is 5.91 Å². The van der Waals surface area contributed by atoms with Crippen LogP contribution in [0.4, 0.5) is 13.2 Å². The molecule has 2 amide bonds. The van der Waals surface area contributed by atoms with Crippen LogP contribution < -0.4 is 5.32 Å². The van der Waals surface area contributed by atoms with Gasteiger partial charge in [0, 0.05) is 23.1 Å². The van der Waals surface area contributed by atoms with E-state index in [1.54, 1.807) is 0 Å². The largest absolute Gasteiger partial charge is 0.477 e. The van der Waals surface area contributed by atoms with Gasteiger partial charge in [0.1, 0.15) is 28.7 Å². The normalized spacial score (nSPS) is 21.9. The van der Waals surface area contributed by atoms with Crippen molar-refractivity contribution in [3.63, 3.8) is 0 Å². The molecule has 2 aliphatic heterocycles. The van der Waals surface area contributed by atoms with Crippen molar-refractivity contribution in [1.82, 2.24) is 30.2 Å². The van der Waals surface area contributed by atoms with E-state index < -0.39 is 47.6 Å². The molecule has 1 saturated heterocycles. The number of aromatic nitrogens is 4. The maximum absolute atomic E-state index is 13.1. The smallest absolute Gasteiger partial charge is 0.435 e. The minimum atomic E-state index is -4.63. The lowest BCUT2D eigenvalue weighted by Gasteiger charge is -2.49. The summed E-state index contributed by atoms with van der Waals surface area (Å²) >= 11 is 4.04. The highest BCUT2D eigenvalue weighted by molar-refractivity contribution is 8.01. The van der Waals surface area contributed by atoms with Crippen molar-refractivity contribution in [3.05, 3.63) is 33.7 Å². The number of nitrogens with one attached hydrogen (secondary N) is 1. The van der Waals surface area contributed by atoms with E-state index >= 15 is 0 Å². The zero-order valence-corrected chi connectivity index (χ0v) is 21.1. The molecule has 1 saturated carbocycles. The molecular formula is C20H19F3N6O4S3. The molecular weight excluding hydrogens is 541 g/mol. The number of β-lactam (4-membered cyclic amide) rings is 1. The number of nitrogens with zero attached hydrogens (tertiary/aromatic N) is 5. The molecule has 10 nitrogen and oxygen atoms in total. The van der Waals surface area contributed by atoms with Gasteiger partial charge >= 0.3 is 12.1 Å². The molecule has 0 unspecified atom stereocenters. The van der Waals surface area contributed by atoms with E-state index in [9.17, 15) is 32.7 Å². The topological polar surface area (TPSA) is 130 Å². The van der Waals surface area contributed by atoms with Crippen LogP contribution in [0.1, 0.15) is 35.2 Å². The summed E-state index contributed by atoms with van der Waals surface area (Å²) in [5.41, 5.74) is -0.267. The molecule has 5 rings (SSSR count). The number of amides is 2. The molecule has 1 aliphatic carbocycles. The second-order valence-corrected chi connectivity index (χ2v) is 12.0. The number of aryl methyl sites for hydroxylation is 1. The molecule has 2 aromatic heterocycles. The van der Waals surface area contributed by atoms with E-state index in [1.165, 1.54) is 34.9 Å². The number of aliphatic carboxylic acids is 1. The Bertz CT molecular complexity index is 1270. The quantitative estimate of drug-likeness (QED) is 0.369. The van der Waals surface area contributed by atoms with Crippen LogP contribution in [0.3, 0.4) is 0 Å². The SMILES string of the molecule is Cc1nnc(SCC2=C(C(=O)O)N3C(=O)[C@H](NC(=O)Cn4nc(C(F)(F)F)cc4C4CC4)[C@@H]3SC2)s1. The molecule has 192 valence electrons. The highest BCUT2D eigenvalue weighted by atomic mass is 32.2. The summed E-state index contributed by atoms with van der Waals surface area (Å²) in [6.45, 7) is 1.35. The standard InChI is InChI=1S/C20H19F3N6O4S3/c1-8-25-26-19(36-8)35-7-10-6-34-17-14(16(31)29(17)15(10)18(32)33)24-13(30)5-28-11(9-2-3-9)4-12(27-28)20(21,22)23/h4,9,14,17H,2-3,5-7H2,1H3,(H,24,30)(H,32,33)/t14-,17-/m0/s1. The third-order valence-electron chi connectivity index (χ3n) is 5.83. The fraction of sp³-hybridized carbons (Fsp3) is 0.500. The summed E-state index contributed by atoms with van der Waals surface area (Å²) in [6, 6.07) is -0.0102. The average molecular weight is 561 g/mol. The van der Waals surface area contributed by atoms with Gasteiger partial charge < -0.3 is 10.4 Å². The van der Waals surface area contributed by atoms with Gasteiger partial charge in [-0.15, -0.1) is 22.0 Å². The van der Waals surface area contributed by atoms with Crippen molar-refractivity contribution in [2.24, 2.45) is 0 Å². The number of hydrogen-bond donors (Lipinski definition) is 2. The number of hydrogen-bond acceptors (Lipinski definition) is 9. The Hall–Kier alpha value is -2.59. The van der Waals surface area contributed by atoms with Crippen molar-refractivity contribution in [2.75, 3.05) is 11.5 Å². The Morgan fingerprint density at radius 2 is 2.06 bits per heavy atom. The number of thioether (sulfide) groups is 2. The molecule has 0 aromatic carbocycles. The number of alkyl halides is 3. The number of carboxylic acids is 1. The number of fused-ring (bicyclic) bond motifs is 1. The molecule has 0 radical (unpaired) electrons. The zero-order chi connectivity index (χ0) is 25.8. The van der Waals surface area contributed by atoms with E-state index in [-0.39, 0.29) is 11.6 Å². The van der Waals surface area contributed by atoms with Gasteiger partial charge in [-0.2, -0.15) is 18.3 Å². The van der Waals surface area contributed by atoms with E-state index in [4.69, 9.17) is 0 Å². The maximum Gasteiger partial charge on any atom is 0.435 e. The highest BCUT2D eigenvalue weighted by Crippen LogP contribution is 2.43.